The Kier molecular flexibility index (Phi) is 4.27. The summed E-state index contributed by atoms with van der Waals surface area (Å²) in [4.78, 5) is 13.2. The third-order valence-electron chi connectivity index (χ3n) is 3.31. The number of halogens is 2. The van der Waals surface area contributed by atoms with Crippen molar-refractivity contribution in [3.05, 3.63) is 35.9 Å². The van der Waals surface area contributed by atoms with Gasteiger partial charge in [0.05, 0.1) is 12.5 Å². The highest BCUT2D eigenvalue weighted by Gasteiger charge is 2.51. The van der Waals surface area contributed by atoms with E-state index in [1.807, 2.05) is 30.3 Å². The van der Waals surface area contributed by atoms with Crippen LogP contribution in [0.2, 0.25) is 0 Å². The lowest BCUT2D eigenvalue weighted by atomic mass is 10.0. The SMILES string of the molecule is COCC(=O)C1CN(Cc2ccccc2)CC1(F)F. The minimum atomic E-state index is -2.97. The van der Waals surface area contributed by atoms with Gasteiger partial charge in [-0.2, -0.15) is 0 Å². The van der Waals surface area contributed by atoms with Gasteiger partial charge in [-0.25, -0.2) is 8.78 Å². The van der Waals surface area contributed by atoms with Crippen LogP contribution in [0.1, 0.15) is 5.56 Å². The van der Waals surface area contributed by atoms with E-state index >= 15 is 0 Å². The maximum absolute atomic E-state index is 13.8. The number of ketones is 1. The molecule has 0 saturated carbocycles. The molecule has 0 bridgehead atoms. The average Bonchev–Trinajstić information content (AvgIpc) is 2.66. The van der Waals surface area contributed by atoms with Crippen LogP contribution in [0.15, 0.2) is 30.3 Å². The van der Waals surface area contributed by atoms with Crippen LogP contribution in [0, 0.1) is 5.92 Å². The van der Waals surface area contributed by atoms with Gasteiger partial charge >= 0.3 is 0 Å². The fourth-order valence-corrected chi connectivity index (χ4v) is 2.41. The number of hydrogen-bond donors (Lipinski definition) is 0. The van der Waals surface area contributed by atoms with Gasteiger partial charge in [-0.05, 0) is 5.56 Å². The van der Waals surface area contributed by atoms with Crippen molar-refractivity contribution in [2.45, 2.75) is 12.5 Å². The van der Waals surface area contributed by atoms with Crippen LogP contribution in [0.3, 0.4) is 0 Å². The van der Waals surface area contributed by atoms with E-state index in [-0.39, 0.29) is 19.7 Å². The molecule has 2 rings (SSSR count). The monoisotopic (exact) mass is 269 g/mol. The van der Waals surface area contributed by atoms with E-state index in [9.17, 15) is 13.6 Å². The summed E-state index contributed by atoms with van der Waals surface area (Å²) in [6.45, 7) is -0.0985. The van der Waals surface area contributed by atoms with Gasteiger partial charge in [0, 0.05) is 20.2 Å². The van der Waals surface area contributed by atoms with Gasteiger partial charge in [0.25, 0.3) is 5.92 Å². The summed E-state index contributed by atoms with van der Waals surface area (Å²) in [5, 5.41) is 0. The quantitative estimate of drug-likeness (QED) is 0.818. The van der Waals surface area contributed by atoms with Gasteiger partial charge in [-0.1, -0.05) is 30.3 Å². The molecule has 1 aromatic carbocycles. The minimum Gasteiger partial charge on any atom is -0.377 e. The topological polar surface area (TPSA) is 29.5 Å². The minimum absolute atomic E-state index is 0.0874. The fourth-order valence-electron chi connectivity index (χ4n) is 2.41. The van der Waals surface area contributed by atoms with Crippen molar-refractivity contribution < 1.29 is 18.3 Å². The zero-order valence-corrected chi connectivity index (χ0v) is 10.8. The molecule has 1 atom stereocenters. The number of methoxy groups -OCH3 is 1. The molecule has 1 saturated heterocycles. The largest absolute Gasteiger partial charge is 0.377 e. The summed E-state index contributed by atoms with van der Waals surface area (Å²) in [6, 6.07) is 9.41. The molecule has 5 heteroatoms. The van der Waals surface area contributed by atoms with Crippen LogP contribution in [-0.4, -0.2) is 43.4 Å². The highest BCUT2D eigenvalue weighted by molar-refractivity contribution is 5.83. The number of carbonyl (C=O) groups is 1. The lowest BCUT2D eigenvalue weighted by Crippen LogP contribution is -2.34. The predicted molar refractivity (Wildman–Crippen MR) is 67.0 cm³/mol. The lowest BCUT2D eigenvalue weighted by Gasteiger charge is -2.15. The molecule has 1 unspecified atom stereocenters. The van der Waals surface area contributed by atoms with E-state index in [0.29, 0.717) is 6.54 Å². The fraction of sp³-hybridized carbons (Fsp3) is 0.500. The van der Waals surface area contributed by atoms with Crippen LogP contribution >= 0.6 is 0 Å². The van der Waals surface area contributed by atoms with Gasteiger partial charge in [0.15, 0.2) is 5.78 Å². The third kappa shape index (κ3) is 3.36. The molecular weight excluding hydrogens is 252 g/mol. The second kappa shape index (κ2) is 5.75. The number of likely N-dealkylation sites (tertiary alicyclic amines) is 1. The zero-order valence-electron chi connectivity index (χ0n) is 10.8. The van der Waals surface area contributed by atoms with Crippen LogP contribution in [0.5, 0.6) is 0 Å². The molecule has 0 radical (unpaired) electrons. The molecule has 0 aromatic heterocycles. The number of nitrogens with zero attached hydrogens (tertiary/aromatic N) is 1. The Bertz CT molecular complexity index is 436. The molecule has 3 nitrogen and oxygen atoms in total. The first-order valence-corrected chi connectivity index (χ1v) is 6.18. The van der Waals surface area contributed by atoms with Gasteiger partial charge in [-0.15, -0.1) is 0 Å². The van der Waals surface area contributed by atoms with E-state index in [1.165, 1.54) is 7.11 Å². The number of ether oxygens (including phenoxy) is 1. The molecule has 19 heavy (non-hydrogen) atoms. The van der Waals surface area contributed by atoms with E-state index in [0.717, 1.165) is 5.56 Å². The van der Waals surface area contributed by atoms with Crippen LogP contribution in [-0.2, 0) is 16.1 Å². The Balaban J connectivity index is 2.01. The highest BCUT2D eigenvalue weighted by Crippen LogP contribution is 2.34. The van der Waals surface area contributed by atoms with Gasteiger partial charge in [0.2, 0.25) is 0 Å². The van der Waals surface area contributed by atoms with Crippen LogP contribution < -0.4 is 0 Å². The molecular formula is C14H17F2NO2. The Morgan fingerprint density at radius 2 is 2.11 bits per heavy atom. The average molecular weight is 269 g/mol. The van der Waals surface area contributed by atoms with E-state index < -0.39 is 17.6 Å². The molecule has 1 aromatic rings. The van der Waals surface area contributed by atoms with E-state index in [1.54, 1.807) is 4.90 Å². The molecule has 1 heterocycles. The van der Waals surface area contributed by atoms with Crippen molar-refractivity contribution in [2.75, 3.05) is 26.8 Å². The van der Waals surface area contributed by atoms with Crippen molar-refractivity contribution in [1.29, 1.82) is 0 Å². The molecule has 1 aliphatic rings. The number of carbonyl (C=O) groups excluding carboxylic acids is 1. The molecule has 0 spiro atoms. The predicted octanol–water partition coefficient (Wildman–Crippen LogP) is 1.97. The van der Waals surface area contributed by atoms with Crippen molar-refractivity contribution in [1.82, 2.24) is 4.90 Å². The summed E-state index contributed by atoms with van der Waals surface area (Å²) in [6.07, 6.45) is 0. The molecule has 104 valence electrons. The standard InChI is InChI=1S/C14H17F2NO2/c1-19-9-13(18)12-8-17(10-14(12,15)16)7-11-5-3-2-4-6-11/h2-6,12H,7-10H2,1H3. The van der Waals surface area contributed by atoms with E-state index in [4.69, 9.17) is 0 Å². The van der Waals surface area contributed by atoms with E-state index in [2.05, 4.69) is 4.74 Å². The summed E-state index contributed by atoms with van der Waals surface area (Å²) >= 11 is 0. The first-order chi connectivity index (χ1) is 9.03. The van der Waals surface area contributed by atoms with Crippen LogP contribution in [0.4, 0.5) is 8.78 Å². The molecule has 1 aliphatic heterocycles. The normalized spacial score (nSPS) is 22.6. The maximum Gasteiger partial charge on any atom is 0.271 e. The highest BCUT2D eigenvalue weighted by atomic mass is 19.3. The molecule has 0 aliphatic carbocycles. The van der Waals surface area contributed by atoms with Crippen molar-refractivity contribution in [3.63, 3.8) is 0 Å². The van der Waals surface area contributed by atoms with Crippen molar-refractivity contribution >= 4 is 5.78 Å². The number of alkyl halides is 2. The van der Waals surface area contributed by atoms with Gasteiger partial charge in [0.1, 0.15) is 6.61 Å². The summed E-state index contributed by atoms with van der Waals surface area (Å²) < 4.78 is 32.3. The molecule has 1 fully saturated rings. The summed E-state index contributed by atoms with van der Waals surface area (Å²) in [5.41, 5.74) is 0.971. The number of rotatable bonds is 5. The van der Waals surface area contributed by atoms with Gasteiger partial charge < -0.3 is 4.74 Å². The molecule has 0 N–H and O–H groups in total. The second-order valence-electron chi connectivity index (χ2n) is 4.87. The van der Waals surface area contributed by atoms with Gasteiger partial charge in [-0.3, -0.25) is 9.69 Å². The molecule has 0 amide bonds. The first kappa shape index (κ1) is 14.1. The Hall–Kier alpha value is -1.33. The maximum atomic E-state index is 13.8. The van der Waals surface area contributed by atoms with Crippen LogP contribution in [0.25, 0.3) is 0 Å². The third-order valence-corrected chi connectivity index (χ3v) is 3.31. The zero-order chi connectivity index (χ0) is 13.9. The Labute approximate surface area is 111 Å². The Morgan fingerprint density at radius 1 is 1.42 bits per heavy atom. The summed E-state index contributed by atoms with van der Waals surface area (Å²) in [5.74, 6) is -4.75. The number of hydrogen-bond acceptors (Lipinski definition) is 3. The summed E-state index contributed by atoms with van der Waals surface area (Å²) in [7, 11) is 1.34. The Morgan fingerprint density at radius 3 is 2.74 bits per heavy atom. The smallest absolute Gasteiger partial charge is 0.271 e. The number of benzene rings is 1. The second-order valence-corrected chi connectivity index (χ2v) is 4.87. The number of Topliss-reactive ketones (excluding diaryl/α,β-unsaturated/α-hetero) is 1. The van der Waals surface area contributed by atoms with Crippen molar-refractivity contribution in [2.24, 2.45) is 5.92 Å². The first-order valence-electron chi connectivity index (χ1n) is 6.18. The van der Waals surface area contributed by atoms with Crippen molar-refractivity contribution in [3.8, 4) is 0 Å². The lowest BCUT2D eigenvalue weighted by molar-refractivity contribution is -0.135.